The molecule has 0 heterocycles. The maximum Gasteiger partial charge on any atom is 0.472 e. The van der Waals surface area contributed by atoms with E-state index < -0.39 is 97.5 Å². The zero-order chi connectivity index (χ0) is 68.6. The molecule has 3 N–H and O–H groups in total. The Morgan fingerprint density at radius 2 is 0.548 bits per heavy atom. The molecule has 552 valence electrons. The topological polar surface area (TPSA) is 237 Å². The fraction of sp³-hybridized carbons (Fsp3) is 0.946. The average Bonchev–Trinajstić information content (AvgIpc) is 2.11. The fourth-order valence-corrected chi connectivity index (χ4v) is 12.8. The van der Waals surface area contributed by atoms with Crippen LogP contribution in [0.25, 0.3) is 0 Å². The third-order valence-electron chi connectivity index (χ3n) is 17.6. The van der Waals surface area contributed by atoms with Crippen molar-refractivity contribution in [3.63, 3.8) is 0 Å². The predicted octanol–water partition coefficient (Wildman–Crippen LogP) is 21.6. The standard InChI is InChI=1S/C74H144O17P2/c1-7-10-12-14-15-16-17-18-19-20-21-25-28-34-39-45-51-57-72(77)85-63-70(91-74(79)58-52-46-40-35-29-26-23-22-24-27-32-37-43-48-54-66(4)5)65-89-93(82,83)87-61-68(75)60-86-92(80,81)88-64-69(62-84-71(76)56-50-42-13-11-8-2)90-73(78)59-53-47-41-36-31-30-33-38-44-49-55-67(6)9-3/h66-70,75H,7-65H2,1-6H3,(H,80,81)(H,82,83)/t67?,68-,69+,70+/m0/s1. The zero-order valence-electron chi connectivity index (χ0n) is 60.6. The van der Waals surface area contributed by atoms with Gasteiger partial charge >= 0.3 is 39.5 Å². The van der Waals surface area contributed by atoms with Crippen LogP contribution in [0, 0.1) is 11.8 Å². The van der Waals surface area contributed by atoms with Crippen LogP contribution in [0.15, 0.2) is 0 Å². The Kier molecular flexibility index (Phi) is 64.6. The minimum atomic E-state index is -4.95. The summed E-state index contributed by atoms with van der Waals surface area (Å²) < 4.78 is 68.3. The monoisotopic (exact) mass is 1370 g/mol. The van der Waals surface area contributed by atoms with Gasteiger partial charge < -0.3 is 33.8 Å². The first-order chi connectivity index (χ1) is 44.9. The summed E-state index contributed by atoms with van der Waals surface area (Å²) in [5.41, 5.74) is 0. The first-order valence-electron chi connectivity index (χ1n) is 38.5. The van der Waals surface area contributed by atoms with Crippen molar-refractivity contribution in [3.8, 4) is 0 Å². The Bertz CT molecular complexity index is 1810. The molecule has 0 aliphatic rings. The van der Waals surface area contributed by atoms with Crippen molar-refractivity contribution in [2.45, 2.75) is 400 Å². The largest absolute Gasteiger partial charge is 0.472 e. The third kappa shape index (κ3) is 67.0. The lowest BCUT2D eigenvalue weighted by molar-refractivity contribution is -0.161. The van der Waals surface area contributed by atoms with E-state index in [1.165, 1.54) is 193 Å². The van der Waals surface area contributed by atoms with Gasteiger partial charge in [-0.25, -0.2) is 9.13 Å². The van der Waals surface area contributed by atoms with Gasteiger partial charge in [-0.1, -0.05) is 330 Å². The van der Waals surface area contributed by atoms with Crippen LogP contribution in [0.4, 0.5) is 0 Å². The van der Waals surface area contributed by atoms with Crippen molar-refractivity contribution in [3.05, 3.63) is 0 Å². The van der Waals surface area contributed by atoms with Gasteiger partial charge in [0.2, 0.25) is 0 Å². The lowest BCUT2D eigenvalue weighted by Gasteiger charge is -2.21. The van der Waals surface area contributed by atoms with E-state index in [1.807, 2.05) is 0 Å². The number of phosphoric ester groups is 2. The summed E-state index contributed by atoms with van der Waals surface area (Å²) in [6, 6.07) is 0. The van der Waals surface area contributed by atoms with Crippen molar-refractivity contribution < 1.29 is 80.2 Å². The van der Waals surface area contributed by atoms with Gasteiger partial charge in [-0.2, -0.15) is 0 Å². The van der Waals surface area contributed by atoms with Crippen LogP contribution in [-0.2, 0) is 65.4 Å². The molecule has 0 aliphatic heterocycles. The number of rotatable bonds is 73. The van der Waals surface area contributed by atoms with Crippen molar-refractivity contribution in [2.24, 2.45) is 11.8 Å². The number of hydrogen-bond donors (Lipinski definition) is 3. The molecule has 3 unspecified atom stereocenters. The number of esters is 4. The van der Waals surface area contributed by atoms with Crippen molar-refractivity contribution in [2.75, 3.05) is 39.6 Å². The van der Waals surface area contributed by atoms with Crippen molar-refractivity contribution in [1.82, 2.24) is 0 Å². The number of ether oxygens (including phenoxy) is 4. The number of phosphoric acid groups is 2. The Morgan fingerprint density at radius 3 is 0.817 bits per heavy atom. The van der Waals surface area contributed by atoms with Crippen LogP contribution >= 0.6 is 15.6 Å². The molecule has 0 aromatic heterocycles. The minimum Gasteiger partial charge on any atom is -0.462 e. The second-order valence-electron chi connectivity index (χ2n) is 27.4. The summed E-state index contributed by atoms with van der Waals surface area (Å²) in [6.07, 6.45) is 53.0. The van der Waals surface area contributed by atoms with Gasteiger partial charge in [0.15, 0.2) is 12.2 Å². The molecular weight excluding hydrogens is 1220 g/mol. The summed E-state index contributed by atoms with van der Waals surface area (Å²) in [7, 11) is -9.90. The SMILES string of the molecule is CCCCCCCCCCCCCCCCCCCC(=O)OC[C@H](COP(=O)(O)OC[C@@H](O)COP(=O)(O)OC[C@@H](COC(=O)CCCCCCC)OC(=O)CCCCCCCCCCCCC(C)CC)OC(=O)CCCCCCCCCCCCCCCCC(C)C. The molecular formula is C74H144O17P2. The first-order valence-corrected chi connectivity index (χ1v) is 41.5. The van der Waals surface area contributed by atoms with Crippen LogP contribution < -0.4 is 0 Å². The second-order valence-corrected chi connectivity index (χ2v) is 30.3. The number of aliphatic hydroxyl groups excluding tert-OH is 1. The molecule has 0 aliphatic carbocycles. The average molecular weight is 1370 g/mol. The molecule has 0 bridgehead atoms. The molecule has 6 atom stereocenters. The highest BCUT2D eigenvalue weighted by Crippen LogP contribution is 2.45. The molecule has 0 fully saturated rings. The van der Waals surface area contributed by atoms with E-state index >= 15 is 0 Å². The van der Waals surface area contributed by atoms with Crippen LogP contribution in [0.2, 0.25) is 0 Å². The van der Waals surface area contributed by atoms with Crippen LogP contribution in [0.5, 0.6) is 0 Å². The molecule has 0 aromatic rings. The summed E-state index contributed by atoms with van der Waals surface area (Å²) in [5, 5.41) is 10.6. The number of hydrogen-bond acceptors (Lipinski definition) is 15. The molecule has 0 spiro atoms. The van der Waals surface area contributed by atoms with E-state index in [-0.39, 0.29) is 25.7 Å². The maximum absolute atomic E-state index is 13.1. The lowest BCUT2D eigenvalue weighted by atomic mass is 9.99. The number of carbonyl (C=O) groups excluding carboxylic acids is 4. The number of unbranched alkanes of at least 4 members (excludes halogenated alkanes) is 42. The van der Waals surface area contributed by atoms with Crippen molar-refractivity contribution >= 4 is 39.5 Å². The van der Waals surface area contributed by atoms with Gasteiger partial charge in [0, 0.05) is 25.7 Å². The van der Waals surface area contributed by atoms with E-state index in [1.54, 1.807) is 0 Å². The Hall–Kier alpha value is -1.94. The van der Waals surface area contributed by atoms with Gasteiger partial charge in [-0.05, 0) is 37.5 Å². The van der Waals surface area contributed by atoms with E-state index in [0.717, 1.165) is 108 Å². The highest BCUT2D eigenvalue weighted by molar-refractivity contribution is 7.47. The Morgan fingerprint density at radius 1 is 0.312 bits per heavy atom. The maximum atomic E-state index is 13.1. The molecule has 0 amide bonds. The molecule has 19 heteroatoms. The van der Waals surface area contributed by atoms with Gasteiger partial charge in [0.05, 0.1) is 26.4 Å². The van der Waals surface area contributed by atoms with Gasteiger partial charge in [-0.3, -0.25) is 37.3 Å². The van der Waals surface area contributed by atoms with Crippen molar-refractivity contribution in [1.29, 1.82) is 0 Å². The van der Waals surface area contributed by atoms with Crippen LogP contribution in [0.3, 0.4) is 0 Å². The van der Waals surface area contributed by atoms with Crippen LogP contribution in [0.1, 0.15) is 382 Å². The van der Waals surface area contributed by atoms with Gasteiger partial charge in [-0.15, -0.1) is 0 Å². The minimum absolute atomic E-state index is 0.105. The summed E-state index contributed by atoms with van der Waals surface area (Å²) >= 11 is 0. The molecule has 17 nitrogen and oxygen atoms in total. The smallest absolute Gasteiger partial charge is 0.462 e. The third-order valence-corrected chi connectivity index (χ3v) is 19.5. The molecule has 0 radical (unpaired) electrons. The molecule has 0 saturated carbocycles. The number of carbonyl (C=O) groups is 4. The quantitative estimate of drug-likeness (QED) is 0.0222. The summed E-state index contributed by atoms with van der Waals surface area (Å²) in [6.45, 7) is 9.54. The van der Waals surface area contributed by atoms with E-state index in [0.29, 0.717) is 25.7 Å². The molecule has 0 aromatic carbocycles. The van der Waals surface area contributed by atoms with Gasteiger partial charge in [0.1, 0.15) is 19.3 Å². The normalized spacial score (nSPS) is 14.3. The predicted molar refractivity (Wildman–Crippen MR) is 377 cm³/mol. The van der Waals surface area contributed by atoms with E-state index in [4.69, 9.17) is 37.0 Å². The second kappa shape index (κ2) is 66.0. The fourth-order valence-electron chi connectivity index (χ4n) is 11.3. The highest BCUT2D eigenvalue weighted by atomic mass is 31.2. The molecule has 0 rings (SSSR count). The molecule has 93 heavy (non-hydrogen) atoms. The summed E-state index contributed by atoms with van der Waals surface area (Å²) in [5.74, 6) is -0.530. The highest BCUT2D eigenvalue weighted by Gasteiger charge is 2.30. The zero-order valence-corrected chi connectivity index (χ0v) is 62.3. The lowest BCUT2D eigenvalue weighted by Crippen LogP contribution is -2.30. The Balaban J connectivity index is 5.15. The first kappa shape index (κ1) is 91.1. The van der Waals surface area contributed by atoms with Gasteiger partial charge in [0.25, 0.3) is 0 Å². The van der Waals surface area contributed by atoms with E-state index in [2.05, 4.69) is 41.5 Å². The number of aliphatic hydroxyl groups is 1. The van der Waals surface area contributed by atoms with Crippen LogP contribution in [-0.4, -0.2) is 96.7 Å². The summed E-state index contributed by atoms with van der Waals surface area (Å²) in [4.78, 5) is 72.5. The molecule has 0 saturated heterocycles. The Labute approximate surface area is 568 Å². The van der Waals surface area contributed by atoms with E-state index in [9.17, 15) is 43.2 Å².